The van der Waals surface area contributed by atoms with Gasteiger partial charge in [0.1, 0.15) is 5.82 Å². The predicted molar refractivity (Wildman–Crippen MR) is 93.1 cm³/mol. The molecule has 23 heavy (non-hydrogen) atoms. The molecule has 3 nitrogen and oxygen atoms in total. The molecule has 3 aromatic rings. The number of rotatable bonds is 3. The van der Waals surface area contributed by atoms with E-state index in [-0.39, 0.29) is 10.6 Å². The summed E-state index contributed by atoms with van der Waals surface area (Å²) in [6.45, 7) is 4.18. The van der Waals surface area contributed by atoms with Crippen molar-refractivity contribution in [3.8, 4) is 0 Å². The molecular formula is C17H14ClFN2OS. The number of benzene rings is 2. The van der Waals surface area contributed by atoms with Gasteiger partial charge in [-0.15, -0.1) is 0 Å². The van der Waals surface area contributed by atoms with Crippen LogP contribution < -0.4 is 5.32 Å². The van der Waals surface area contributed by atoms with Gasteiger partial charge in [-0.05, 0) is 29.7 Å². The van der Waals surface area contributed by atoms with Crippen LogP contribution >= 0.6 is 22.9 Å². The highest BCUT2D eigenvalue weighted by molar-refractivity contribution is 7.22. The predicted octanol–water partition coefficient (Wildman–Crippen LogP) is 5.46. The number of para-hydroxylation sites is 1. The highest BCUT2D eigenvalue weighted by atomic mass is 35.5. The molecule has 0 bridgehead atoms. The van der Waals surface area contributed by atoms with Gasteiger partial charge in [0.15, 0.2) is 5.13 Å². The largest absolute Gasteiger partial charge is 0.298 e. The number of hydrogen-bond acceptors (Lipinski definition) is 3. The number of hydrogen-bond donors (Lipinski definition) is 1. The minimum atomic E-state index is -0.654. The van der Waals surface area contributed by atoms with Crippen molar-refractivity contribution in [2.24, 2.45) is 0 Å². The molecule has 0 unspecified atom stereocenters. The Morgan fingerprint density at radius 3 is 2.70 bits per heavy atom. The molecule has 0 aliphatic carbocycles. The minimum absolute atomic E-state index is 0.0754. The van der Waals surface area contributed by atoms with Crippen LogP contribution in [0, 0.1) is 5.82 Å². The summed E-state index contributed by atoms with van der Waals surface area (Å²) in [6.07, 6.45) is 0. The Morgan fingerprint density at radius 1 is 1.26 bits per heavy atom. The van der Waals surface area contributed by atoms with E-state index in [4.69, 9.17) is 11.6 Å². The molecule has 3 rings (SSSR count). The molecule has 2 aromatic carbocycles. The number of anilines is 1. The van der Waals surface area contributed by atoms with E-state index >= 15 is 0 Å². The van der Waals surface area contributed by atoms with Crippen molar-refractivity contribution < 1.29 is 9.18 Å². The van der Waals surface area contributed by atoms with Gasteiger partial charge in [0.05, 0.1) is 20.8 Å². The SMILES string of the molecule is CC(C)c1cccc2sc(NC(=O)c3c(F)cccc3Cl)nc12. The normalized spacial score (nSPS) is 11.2. The highest BCUT2D eigenvalue weighted by Gasteiger charge is 2.18. The summed E-state index contributed by atoms with van der Waals surface area (Å²) in [4.78, 5) is 16.8. The van der Waals surface area contributed by atoms with E-state index in [1.54, 1.807) is 0 Å². The third-order valence-corrected chi connectivity index (χ3v) is 4.73. The number of carbonyl (C=O) groups is 1. The smallest absolute Gasteiger partial charge is 0.261 e. The summed E-state index contributed by atoms with van der Waals surface area (Å²) >= 11 is 7.27. The maximum Gasteiger partial charge on any atom is 0.261 e. The maximum atomic E-state index is 13.8. The minimum Gasteiger partial charge on any atom is -0.298 e. The Balaban J connectivity index is 1.96. The van der Waals surface area contributed by atoms with Crippen molar-refractivity contribution in [3.05, 3.63) is 58.4 Å². The molecule has 0 radical (unpaired) electrons. The molecule has 118 valence electrons. The first-order valence-electron chi connectivity index (χ1n) is 7.12. The van der Waals surface area contributed by atoms with Gasteiger partial charge in [-0.1, -0.05) is 55.0 Å². The molecule has 1 N–H and O–H groups in total. The number of thiazole rings is 1. The van der Waals surface area contributed by atoms with Crippen LogP contribution in [0.25, 0.3) is 10.2 Å². The Morgan fingerprint density at radius 2 is 2.00 bits per heavy atom. The van der Waals surface area contributed by atoms with E-state index in [2.05, 4.69) is 24.1 Å². The van der Waals surface area contributed by atoms with Crippen LogP contribution in [0.2, 0.25) is 5.02 Å². The second-order valence-corrected chi connectivity index (χ2v) is 6.86. The molecule has 1 amide bonds. The molecule has 0 aliphatic heterocycles. The average molecular weight is 349 g/mol. The first kappa shape index (κ1) is 15.9. The van der Waals surface area contributed by atoms with E-state index in [1.165, 1.54) is 29.5 Å². The molecular weight excluding hydrogens is 335 g/mol. The summed E-state index contributed by atoms with van der Waals surface area (Å²) in [5.74, 6) is -0.928. The van der Waals surface area contributed by atoms with Gasteiger partial charge in [-0.25, -0.2) is 9.37 Å². The van der Waals surface area contributed by atoms with E-state index < -0.39 is 11.7 Å². The second kappa shape index (κ2) is 6.26. The lowest BCUT2D eigenvalue weighted by atomic mass is 10.0. The van der Waals surface area contributed by atoms with E-state index in [9.17, 15) is 9.18 Å². The summed E-state index contributed by atoms with van der Waals surface area (Å²) in [5.41, 5.74) is 1.81. The highest BCUT2D eigenvalue weighted by Crippen LogP contribution is 2.32. The first-order valence-corrected chi connectivity index (χ1v) is 8.31. The van der Waals surface area contributed by atoms with E-state index in [0.29, 0.717) is 11.0 Å². The van der Waals surface area contributed by atoms with Crippen LogP contribution in [0.1, 0.15) is 35.7 Å². The van der Waals surface area contributed by atoms with E-state index in [0.717, 1.165) is 15.8 Å². The Labute approximate surface area is 142 Å². The third kappa shape index (κ3) is 3.07. The molecule has 0 saturated heterocycles. The van der Waals surface area contributed by atoms with Crippen molar-refractivity contribution >= 4 is 44.2 Å². The number of halogens is 2. The Hall–Kier alpha value is -1.98. The lowest BCUT2D eigenvalue weighted by Crippen LogP contribution is -2.14. The van der Waals surface area contributed by atoms with Crippen LogP contribution in [0.5, 0.6) is 0 Å². The number of aromatic nitrogens is 1. The van der Waals surface area contributed by atoms with Crippen LogP contribution in [0.4, 0.5) is 9.52 Å². The maximum absolute atomic E-state index is 13.8. The van der Waals surface area contributed by atoms with Gasteiger partial charge >= 0.3 is 0 Å². The number of fused-ring (bicyclic) bond motifs is 1. The van der Waals surface area contributed by atoms with Gasteiger partial charge in [-0.3, -0.25) is 10.1 Å². The van der Waals surface area contributed by atoms with Gasteiger partial charge in [0.25, 0.3) is 5.91 Å². The van der Waals surface area contributed by atoms with Gasteiger partial charge in [0.2, 0.25) is 0 Å². The molecule has 0 aliphatic rings. The third-order valence-electron chi connectivity index (χ3n) is 3.48. The zero-order valence-electron chi connectivity index (χ0n) is 12.6. The van der Waals surface area contributed by atoms with Crippen LogP contribution in [0.15, 0.2) is 36.4 Å². The van der Waals surface area contributed by atoms with E-state index in [1.807, 2.05) is 18.2 Å². The van der Waals surface area contributed by atoms with Crippen LogP contribution in [-0.4, -0.2) is 10.9 Å². The van der Waals surface area contributed by atoms with Crippen molar-refractivity contribution in [2.45, 2.75) is 19.8 Å². The average Bonchev–Trinajstić information content (AvgIpc) is 2.88. The van der Waals surface area contributed by atoms with Gasteiger partial charge in [0, 0.05) is 0 Å². The van der Waals surface area contributed by atoms with Crippen LogP contribution in [0.3, 0.4) is 0 Å². The summed E-state index contributed by atoms with van der Waals surface area (Å²) < 4.78 is 14.8. The zero-order chi connectivity index (χ0) is 16.6. The van der Waals surface area contributed by atoms with Crippen molar-refractivity contribution in [1.82, 2.24) is 4.98 Å². The molecule has 1 heterocycles. The standard InChI is InChI=1S/C17H14ClFN2OS/c1-9(2)10-5-3-8-13-15(10)20-17(23-13)21-16(22)14-11(18)6-4-7-12(14)19/h3-9H,1-2H3,(H,20,21,22). The fraction of sp³-hybridized carbons (Fsp3) is 0.176. The van der Waals surface area contributed by atoms with Gasteiger partial charge in [-0.2, -0.15) is 0 Å². The fourth-order valence-electron chi connectivity index (χ4n) is 2.36. The Bertz CT molecular complexity index is 871. The van der Waals surface area contributed by atoms with Crippen LogP contribution in [-0.2, 0) is 0 Å². The fourth-order valence-corrected chi connectivity index (χ4v) is 3.51. The molecule has 0 saturated carbocycles. The number of nitrogens with one attached hydrogen (secondary N) is 1. The molecule has 0 spiro atoms. The molecule has 0 atom stereocenters. The molecule has 6 heteroatoms. The summed E-state index contributed by atoms with van der Waals surface area (Å²) in [6, 6.07) is 10.1. The number of carbonyl (C=O) groups excluding carboxylic acids is 1. The topological polar surface area (TPSA) is 42.0 Å². The van der Waals surface area contributed by atoms with Crippen molar-refractivity contribution in [3.63, 3.8) is 0 Å². The summed E-state index contributed by atoms with van der Waals surface area (Å²) in [5, 5.41) is 3.14. The molecule has 0 fully saturated rings. The first-order chi connectivity index (χ1) is 11.0. The number of nitrogens with zero attached hydrogens (tertiary/aromatic N) is 1. The van der Waals surface area contributed by atoms with Crippen molar-refractivity contribution in [2.75, 3.05) is 5.32 Å². The second-order valence-electron chi connectivity index (χ2n) is 5.42. The lowest BCUT2D eigenvalue weighted by Gasteiger charge is -2.05. The zero-order valence-corrected chi connectivity index (χ0v) is 14.1. The number of amides is 1. The Kier molecular flexibility index (Phi) is 4.33. The van der Waals surface area contributed by atoms with Gasteiger partial charge < -0.3 is 0 Å². The molecule has 1 aromatic heterocycles. The quantitative estimate of drug-likeness (QED) is 0.682. The monoisotopic (exact) mass is 348 g/mol. The summed E-state index contributed by atoms with van der Waals surface area (Å²) in [7, 11) is 0. The van der Waals surface area contributed by atoms with Crippen molar-refractivity contribution in [1.29, 1.82) is 0 Å². The lowest BCUT2D eigenvalue weighted by molar-refractivity contribution is 0.102.